The lowest BCUT2D eigenvalue weighted by atomic mass is 10.1. The molecule has 0 amide bonds. The Morgan fingerprint density at radius 1 is 1.24 bits per heavy atom. The molecule has 4 heteroatoms. The largest absolute Gasteiger partial charge is 0.508 e. The van der Waals surface area contributed by atoms with Crippen molar-refractivity contribution in [3.8, 4) is 17.1 Å². The summed E-state index contributed by atoms with van der Waals surface area (Å²) in [5.41, 5.74) is 2.87. The molecule has 1 N–H and O–H groups in total. The standard InChI is InChI=1S/C17H15FN2O/c1-10-5-6-11(9-15(10)21)17-19-16-13(18)3-2-4-14(16)20(17)12-7-8-12/h2-6,9,12,21H,7-8H2,1H3. The number of phenolic OH excluding ortho intramolecular Hbond substituents is 1. The Balaban J connectivity index is 2.01. The summed E-state index contributed by atoms with van der Waals surface area (Å²) in [6, 6.07) is 10.9. The van der Waals surface area contributed by atoms with Crippen LogP contribution >= 0.6 is 0 Å². The smallest absolute Gasteiger partial charge is 0.151 e. The maximum absolute atomic E-state index is 14.0. The third kappa shape index (κ3) is 1.90. The number of hydrogen-bond donors (Lipinski definition) is 1. The number of aromatic hydroxyl groups is 1. The van der Waals surface area contributed by atoms with Crippen molar-refractivity contribution in [1.82, 2.24) is 9.55 Å². The van der Waals surface area contributed by atoms with E-state index in [1.165, 1.54) is 6.07 Å². The topological polar surface area (TPSA) is 38.0 Å². The number of rotatable bonds is 2. The molecule has 3 nitrogen and oxygen atoms in total. The number of halogens is 1. The molecule has 2 aromatic carbocycles. The fraction of sp³-hybridized carbons (Fsp3) is 0.235. The number of hydrogen-bond acceptors (Lipinski definition) is 2. The van der Waals surface area contributed by atoms with Crippen LogP contribution in [0.25, 0.3) is 22.4 Å². The Morgan fingerprint density at radius 2 is 2.05 bits per heavy atom. The summed E-state index contributed by atoms with van der Waals surface area (Å²) < 4.78 is 16.1. The molecule has 106 valence electrons. The lowest BCUT2D eigenvalue weighted by Gasteiger charge is -2.08. The van der Waals surface area contributed by atoms with Crippen molar-refractivity contribution in [3.05, 3.63) is 47.8 Å². The van der Waals surface area contributed by atoms with E-state index < -0.39 is 0 Å². The predicted octanol–water partition coefficient (Wildman–Crippen LogP) is 4.19. The first-order chi connectivity index (χ1) is 10.1. The van der Waals surface area contributed by atoms with Crippen LogP contribution in [0.1, 0.15) is 24.4 Å². The van der Waals surface area contributed by atoms with Gasteiger partial charge in [-0.3, -0.25) is 0 Å². The fourth-order valence-electron chi connectivity index (χ4n) is 2.74. The van der Waals surface area contributed by atoms with Crippen LogP contribution in [0.15, 0.2) is 36.4 Å². The van der Waals surface area contributed by atoms with Gasteiger partial charge in [-0.2, -0.15) is 0 Å². The molecular formula is C17H15FN2O. The molecule has 1 aliphatic carbocycles. The van der Waals surface area contributed by atoms with E-state index in [-0.39, 0.29) is 11.6 Å². The molecule has 1 aliphatic rings. The number of nitrogens with zero attached hydrogens (tertiary/aromatic N) is 2. The molecule has 21 heavy (non-hydrogen) atoms. The number of aryl methyl sites for hydroxylation is 1. The van der Waals surface area contributed by atoms with Gasteiger partial charge in [-0.15, -0.1) is 0 Å². The second-order valence-corrected chi connectivity index (χ2v) is 5.65. The highest BCUT2D eigenvalue weighted by atomic mass is 19.1. The van der Waals surface area contributed by atoms with Gasteiger partial charge in [0.05, 0.1) is 5.52 Å². The van der Waals surface area contributed by atoms with E-state index in [0.717, 1.165) is 35.3 Å². The summed E-state index contributed by atoms with van der Waals surface area (Å²) >= 11 is 0. The van der Waals surface area contributed by atoms with Crippen molar-refractivity contribution in [2.75, 3.05) is 0 Å². The van der Waals surface area contributed by atoms with Gasteiger partial charge in [0.2, 0.25) is 0 Å². The second-order valence-electron chi connectivity index (χ2n) is 5.65. The van der Waals surface area contributed by atoms with Gasteiger partial charge in [0, 0.05) is 11.6 Å². The van der Waals surface area contributed by atoms with Crippen molar-refractivity contribution >= 4 is 11.0 Å². The zero-order valence-corrected chi connectivity index (χ0v) is 11.7. The lowest BCUT2D eigenvalue weighted by Crippen LogP contribution is -1.97. The minimum atomic E-state index is -0.301. The first-order valence-electron chi connectivity index (χ1n) is 7.11. The monoisotopic (exact) mass is 282 g/mol. The summed E-state index contributed by atoms with van der Waals surface area (Å²) in [7, 11) is 0. The maximum Gasteiger partial charge on any atom is 0.151 e. The van der Waals surface area contributed by atoms with E-state index in [1.807, 2.05) is 25.1 Å². The minimum Gasteiger partial charge on any atom is -0.508 e. The molecule has 0 unspecified atom stereocenters. The summed E-state index contributed by atoms with van der Waals surface area (Å²) in [4.78, 5) is 4.49. The number of benzene rings is 2. The summed E-state index contributed by atoms with van der Waals surface area (Å²) in [6.07, 6.45) is 2.18. The van der Waals surface area contributed by atoms with Gasteiger partial charge in [-0.05, 0) is 43.5 Å². The predicted molar refractivity (Wildman–Crippen MR) is 79.8 cm³/mol. The molecule has 3 aromatic rings. The van der Waals surface area contributed by atoms with Crippen LogP contribution in [-0.4, -0.2) is 14.7 Å². The minimum absolute atomic E-state index is 0.238. The molecule has 1 aromatic heterocycles. The summed E-state index contributed by atoms with van der Waals surface area (Å²) in [6.45, 7) is 1.85. The number of para-hydroxylation sites is 1. The highest BCUT2D eigenvalue weighted by molar-refractivity contribution is 5.82. The number of phenols is 1. The number of imidazole rings is 1. The average Bonchev–Trinajstić information content (AvgIpc) is 3.22. The Morgan fingerprint density at radius 3 is 2.76 bits per heavy atom. The number of fused-ring (bicyclic) bond motifs is 1. The van der Waals surface area contributed by atoms with Crippen LogP contribution in [0.5, 0.6) is 5.75 Å². The van der Waals surface area contributed by atoms with Crippen LogP contribution in [0.4, 0.5) is 4.39 Å². The molecule has 1 fully saturated rings. The van der Waals surface area contributed by atoms with Gasteiger partial charge in [0.15, 0.2) is 5.82 Å². The Kier molecular flexibility index (Phi) is 2.55. The Labute approximate surface area is 121 Å². The normalized spacial score (nSPS) is 14.8. The molecule has 1 saturated carbocycles. The fourth-order valence-corrected chi connectivity index (χ4v) is 2.74. The second kappa shape index (κ2) is 4.32. The zero-order chi connectivity index (χ0) is 14.6. The van der Waals surface area contributed by atoms with E-state index in [1.54, 1.807) is 12.1 Å². The van der Waals surface area contributed by atoms with Gasteiger partial charge < -0.3 is 9.67 Å². The van der Waals surface area contributed by atoms with Crippen LogP contribution in [-0.2, 0) is 0 Å². The van der Waals surface area contributed by atoms with Gasteiger partial charge >= 0.3 is 0 Å². The van der Waals surface area contributed by atoms with Crippen molar-refractivity contribution in [2.24, 2.45) is 0 Å². The SMILES string of the molecule is Cc1ccc(-c2nc3c(F)cccc3n2C2CC2)cc1O. The first kappa shape index (κ1) is 12.4. The van der Waals surface area contributed by atoms with Gasteiger partial charge in [-0.25, -0.2) is 9.37 Å². The molecule has 0 spiro atoms. The van der Waals surface area contributed by atoms with Crippen LogP contribution in [0.2, 0.25) is 0 Å². The van der Waals surface area contributed by atoms with Crippen molar-refractivity contribution in [2.45, 2.75) is 25.8 Å². The molecule has 0 saturated heterocycles. The maximum atomic E-state index is 14.0. The quantitative estimate of drug-likeness (QED) is 0.765. The highest BCUT2D eigenvalue weighted by Gasteiger charge is 2.29. The van der Waals surface area contributed by atoms with E-state index in [2.05, 4.69) is 9.55 Å². The summed E-state index contributed by atoms with van der Waals surface area (Å²) in [5, 5.41) is 9.92. The van der Waals surface area contributed by atoms with E-state index in [0.29, 0.717) is 11.6 Å². The molecule has 0 bridgehead atoms. The molecule has 0 aliphatic heterocycles. The summed E-state index contributed by atoms with van der Waals surface area (Å²) in [5.74, 6) is 0.666. The third-order valence-corrected chi connectivity index (χ3v) is 4.05. The van der Waals surface area contributed by atoms with Crippen LogP contribution < -0.4 is 0 Å². The molecule has 0 radical (unpaired) electrons. The lowest BCUT2D eigenvalue weighted by molar-refractivity contribution is 0.471. The zero-order valence-electron chi connectivity index (χ0n) is 11.7. The van der Waals surface area contributed by atoms with Gasteiger partial charge in [0.1, 0.15) is 17.1 Å². The van der Waals surface area contributed by atoms with E-state index >= 15 is 0 Å². The molecular weight excluding hydrogens is 267 g/mol. The van der Waals surface area contributed by atoms with Crippen molar-refractivity contribution < 1.29 is 9.50 Å². The highest BCUT2D eigenvalue weighted by Crippen LogP contribution is 2.42. The average molecular weight is 282 g/mol. The van der Waals surface area contributed by atoms with Crippen molar-refractivity contribution in [1.29, 1.82) is 0 Å². The van der Waals surface area contributed by atoms with Crippen molar-refractivity contribution in [3.63, 3.8) is 0 Å². The van der Waals surface area contributed by atoms with Gasteiger partial charge in [-0.1, -0.05) is 18.2 Å². The van der Waals surface area contributed by atoms with Gasteiger partial charge in [0.25, 0.3) is 0 Å². The van der Waals surface area contributed by atoms with Crippen LogP contribution in [0.3, 0.4) is 0 Å². The third-order valence-electron chi connectivity index (χ3n) is 4.05. The molecule has 1 heterocycles. The van der Waals surface area contributed by atoms with E-state index in [9.17, 15) is 9.50 Å². The Bertz CT molecular complexity index is 849. The van der Waals surface area contributed by atoms with Crippen LogP contribution in [0, 0.1) is 12.7 Å². The number of aromatic nitrogens is 2. The molecule has 0 atom stereocenters. The van der Waals surface area contributed by atoms with E-state index in [4.69, 9.17) is 0 Å². The molecule has 4 rings (SSSR count). The Hall–Kier alpha value is -2.36. The first-order valence-corrected chi connectivity index (χ1v) is 7.11.